The molecule has 162 valence electrons. The molecule has 0 saturated carbocycles. The molecular weight excluding hydrogens is 402 g/mol. The number of piperazine rings is 1. The van der Waals surface area contributed by atoms with E-state index in [-0.39, 0.29) is 43.0 Å². The fourth-order valence-corrected chi connectivity index (χ4v) is 5.11. The predicted molar refractivity (Wildman–Crippen MR) is 121 cm³/mol. The second kappa shape index (κ2) is 8.20. The number of aryl methyl sites for hydroxylation is 1. The molecule has 3 atom stereocenters. The highest BCUT2D eigenvalue weighted by Gasteiger charge is 2.54. The van der Waals surface area contributed by atoms with Gasteiger partial charge in [0.25, 0.3) is 5.91 Å². The Hall–Kier alpha value is -3.51. The van der Waals surface area contributed by atoms with Crippen LogP contribution in [0.2, 0.25) is 0 Å². The average molecular weight is 428 g/mol. The number of carbonyl (C=O) groups is 2. The molecule has 2 aliphatic heterocycles. The van der Waals surface area contributed by atoms with Crippen molar-refractivity contribution in [1.29, 1.82) is 0 Å². The molecular formula is C26H25N3O3. The maximum Gasteiger partial charge on any atom is 0.255 e. The van der Waals surface area contributed by atoms with Crippen molar-refractivity contribution in [3.8, 4) is 11.1 Å². The number of fused-ring (bicyclic) bond motifs is 1. The molecule has 6 heteroatoms. The van der Waals surface area contributed by atoms with E-state index in [1.165, 1.54) is 17.3 Å². The number of aliphatic hydroxyl groups is 1. The van der Waals surface area contributed by atoms with E-state index < -0.39 is 0 Å². The molecule has 3 aromatic rings. The summed E-state index contributed by atoms with van der Waals surface area (Å²) < 4.78 is 0. The van der Waals surface area contributed by atoms with Crippen LogP contribution in [-0.2, 0) is 4.79 Å². The second-order valence-electron chi connectivity index (χ2n) is 8.51. The van der Waals surface area contributed by atoms with E-state index in [1.54, 1.807) is 28.1 Å². The van der Waals surface area contributed by atoms with Gasteiger partial charge in [-0.25, -0.2) is 0 Å². The van der Waals surface area contributed by atoms with E-state index in [9.17, 15) is 14.7 Å². The average Bonchev–Trinajstić information content (AvgIpc) is 2.81. The highest BCUT2D eigenvalue weighted by molar-refractivity contribution is 5.97. The maximum absolute atomic E-state index is 12.9. The molecule has 6 nitrogen and oxygen atoms in total. The number of aromatic nitrogens is 1. The van der Waals surface area contributed by atoms with Crippen LogP contribution in [0.4, 0.5) is 0 Å². The van der Waals surface area contributed by atoms with E-state index in [0.717, 1.165) is 11.1 Å². The van der Waals surface area contributed by atoms with Gasteiger partial charge in [0, 0.05) is 24.9 Å². The van der Waals surface area contributed by atoms with Crippen molar-refractivity contribution in [2.75, 3.05) is 19.7 Å². The monoisotopic (exact) mass is 427 g/mol. The first-order chi connectivity index (χ1) is 15.6. The molecule has 32 heavy (non-hydrogen) atoms. The lowest BCUT2D eigenvalue weighted by molar-refractivity contribution is -0.159. The van der Waals surface area contributed by atoms with Crippen molar-refractivity contribution in [3.05, 3.63) is 89.7 Å². The largest absolute Gasteiger partial charge is 0.394 e. The van der Waals surface area contributed by atoms with Crippen LogP contribution in [0.15, 0.2) is 73.1 Å². The minimum absolute atomic E-state index is 0.0145. The smallest absolute Gasteiger partial charge is 0.255 e. The third-order valence-corrected chi connectivity index (χ3v) is 6.70. The number of rotatable bonds is 4. The van der Waals surface area contributed by atoms with Crippen LogP contribution in [0.5, 0.6) is 0 Å². The molecule has 0 bridgehead atoms. The van der Waals surface area contributed by atoms with E-state index in [1.807, 2.05) is 12.1 Å². The molecule has 0 spiro atoms. The number of hydrogen-bond acceptors (Lipinski definition) is 4. The molecule has 1 aromatic heterocycles. The fourth-order valence-electron chi connectivity index (χ4n) is 5.11. The molecule has 0 unspecified atom stereocenters. The lowest BCUT2D eigenvalue weighted by Crippen LogP contribution is -2.73. The van der Waals surface area contributed by atoms with Gasteiger partial charge in [0.15, 0.2) is 0 Å². The number of pyridine rings is 1. The summed E-state index contributed by atoms with van der Waals surface area (Å²) in [6, 6.07) is 19.6. The first kappa shape index (κ1) is 20.4. The summed E-state index contributed by atoms with van der Waals surface area (Å²) in [6.45, 7) is 2.47. The summed E-state index contributed by atoms with van der Waals surface area (Å²) in [6.07, 6.45) is 3.15. The van der Waals surface area contributed by atoms with Gasteiger partial charge < -0.3 is 14.9 Å². The van der Waals surface area contributed by atoms with E-state index >= 15 is 0 Å². The molecule has 2 saturated heterocycles. The predicted octanol–water partition coefficient (Wildman–Crippen LogP) is 2.87. The van der Waals surface area contributed by atoms with Crippen molar-refractivity contribution >= 4 is 11.8 Å². The topological polar surface area (TPSA) is 73.7 Å². The Morgan fingerprint density at radius 3 is 2.56 bits per heavy atom. The van der Waals surface area contributed by atoms with Crippen LogP contribution in [0.25, 0.3) is 11.1 Å². The minimum Gasteiger partial charge on any atom is -0.394 e. The Balaban J connectivity index is 1.40. The number of amides is 2. The van der Waals surface area contributed by atoms with Crippen LogP contribution < -0.4 is 0 Å². The van der Waals surface area contributed by atoms with Crippen LogP contribution in [0, 0.1) is 6.92 Å². The highest BCUT2D eigenvalue weighted by Crippen LogP contribution is 2.43. The van der Waals surface area contributed by atoms with Gasteiger partial charge in [-0.05, 0) is 41.3 Å². The third-order valence-electron chi connectivity index (χ3n) is 6.70. The molecule has 1 N–H and O–H groups in total. The van der Waals surface area contributed by atoms with E-state index in [0.29, 0.717) is 12.1 Å². The number of aliphatic hydroxyl groups excluding tert-OH is 1. The van der Waals surface area contributed by atoms with Crippen LogP contribution >= 0.6 is 0 Å². The number of carbonyl (C=O) groups excluding carboxylic acids is 2. The Kier molecular flexibility index (Phi) is 5.23. The lowest BCUT2D eigenvalue weighted by atomic mass is 9.73. The van der Waals surface area contributed by atoms with Gasteiger partial charge in [-0.15, -0.1) is 0 Å². The summed E-state index contributed by atoms with van der Waals surface area (Å²) in [4.78, 5) is 33.1. The molecule has 2 aliphatic rings. The van der Waals surface area contributed by atoms with Crippen molar-refractivity contribution in [3.63, 3.8) is 0 Å². The zero-order valence-electron chi connectivity index (χ0n) is 17.9. The number of hydrogen-bond donors (Lipinski definition) is 1. The summed E-state index contributed by atoms with van der Waals surface area (Å²) in [5.74, 6) is -0.322. The quantitative estimate of drug-likeness (QED) is 0.695. The first-order valence-corrected chi connectivity index (χ1v) is 10.9. The lowest BCUT2D eigenvalue weighted by Gasteiger charge is -2.58. The SMILES string of the molecule is Cc1ccccc1-c1ccc([C@@H]2[C@H]3CN(C(=O)c4cccnc4)CC(=O)N3[C@H]2CO)cc1. The van der Waals surface area contributed by atoms with Gasteiger partial charge in [0.1, 0.15) is 6.54 Å². The Labute approximate surface area is 187 Å². The molecule has 2 amide bonds. The van der Waals surface area contributed by atoms with Gasteiger partial charge in [-0.3, -0.25) is 14.6 Å². The van der Waals surface area contributed by atoms with Crippen molar-refractivity contribution in [1.82, 2.24) is 14.8 Å². The van der Waals surface area contributed by atoms with Gasteiger partial charge >= 0.3 is 0 Å². The number of nitrogens with zero attached hydrogens (tertiary/aromatic N) is 3. The molecule has 2 aromatic carbocycles. The second-order valence-corrected chi connectivity index (χ2v) is 8.51. The van der Waals surface area contributed by atoms with E-state index in [4.69, 9.17) is 0 Å². The molecule has 0 radical (unpaired) electrons. The Morgan fingerprint density at radius 2 is 1.88 bits per heavy atom. The van der Waals surface area contributed by atoms with Gasteiger partial charge in [0.05, 0.1) is 24.3 Å². The number of benzene rings is 2. The normalized spacial score (nSPS) is 22.3. The van der Waals surface area contributed by atoms with Gasteiger partial charge in [-0.2, -0.15) is 0 Å². The van der Waals surface area contributed by atoms with Crippen molar-refractivity contribution < 1.29 is 14.7 Å². The van der Waals surface area contributed by atoms with Crippen LogP contribution in [0.3, 0.4) is 0 Å². The Bertz CT molecular complexity index is 1150. The zero-order valence-corrected chi connectivity index (χ0v) is 17.9. The minimum atomic E-state index is -0.257. The van der Waals surface area contributed by atoms with Crippen molar-refractivity contribution in [2.24, 2.45) is 0 Å². The standard InChI is InChI=1S/C26H25N3O3/c1-17-5-2-3-7-21(17)18-8-10-19(11-9-18)25-22-14-28(15-24(31)29(22)23(25)16-30)26(32)20-6-4-12-27-13-20/h2-13,22-23,25,30H,14-16H2,1H3/t22-,23+,25-/m1/s1. The first-order valence-electron chi connectivity index (χ1n) is 10.9. The van der Waals surface area contributed by atoms with Crippen LogP contribution in [0.1, 0.15) is 27.4 Å². The molecule has 5 rings (SSSR count). The third kappa shape index (κ3) is 3.37. The van der Waals surface area contributed by atoms with Crippen LogP contribution in [-0.4, -0.2) is 63.5 Å². The van der Waals surface area contributed by atoms with Crippen molar-refractivity contribution in [2.45, 2.75) is 24.9 Å². The van der Waals surface area contributed by atoms with Gasteiger partial charge in [-0.1, -0.05) is 48.5 Å². The summed E-state index contributed by atoms with van der Waals surface area (Å²) in [5.41, 5.74) is 5.09. The molecule has 3 heterocycles. The fraction of sp³-hybridized carbons (Fsp3) is 0.269. The summed E-state index contributed by atoms with van der Waals surface area (Å²) >= 11 is 0. The molecule has 2 fully saturated rings. The molecule has 0 aliphatic carbocycles. The van der Waals surface area contributed by atoms with Gasteiger partial charge in [0.2, 0.25) is 5.91 Å². The summed E-state index contributed by atoms with van der Waals surface area (Å²) in [7, 11) is 0. The zero-order chi connectivity index (χ0) is 22.2. The summed E-state index contributed by atoms with van der Waals surface area (Å²) in [5, 5.41) is 10.0. The highest BCUT2D eigenvalue weighted by atomic mass is 16.3. The Morgan fingerprint density at radius 1 is 1.09 bits per heavy atom. The van der Waals surface area contributed by atoms with E-state index in [2.05, 4.69) is 48.3 Å². The maximum atomic E-state index is 12.9.